The number of nitrogens with zero attached hydrogens (tertiary/aromatic N) is 2. The van der Waals surface area contributed by atoms with E-state index in [-0.39, 0.29) is 0 Å². The summed E-state index contributed by atoms with van der Waals surface area (Å²) in [5.41, 5.74) is 1.21. The fourth-order valence-electron chi connectivity index (χ4n) is 2.38. The first-order valence-corrected chi connectivity index (χ1v) is 10.1. The molecule has 0 radical (unpaired) electrons. The Hall–Kier alpha value is -0.953. The van der Waals surface area contributed by atoms with Gasteiger partial charge in [-0.15, -0.1) is 0 Å². The molecule has 0 spiro atoms. The van der Waals surface area contributed by atoms with Crippen LogP contribution in [-0.4, -0.2) is 42.7 Å². The number of aryl methyl sites for hydroxylation is 1. The predicted molar refractivity (Wildman–Crippen MR) is 91.0 cm³/mol. The molecule has 1 aromatic rings. The largest absolute Gasteiger partial charge is 0.501 e. The van der Waals surface area contributed by atoms with Gasteiger partial charge in [-0.2, -0.15) is 0 Å². The topological polar surface area (TPSA) is 34.8 Å². The molecule has 0 bridgehead atoms. The summed E-state index contributed by atoms with van der Waals surface area (Å²) in [6.07, 6.45) is 5.21. The quantitative estimate of drug-likeness (QED) is 0.462. The molecule has 1 rings (SSSR count). The van der Waals surface area contributed by atoms with Crippen molar-refractivity contribution in [3.8, 4) is 0 Å². The van der Waals surface area contributed by atoms with Crippen LogP contribution in [0.1, 0.15) is 27.2 Å². The standard InChI is InChI=1S/C16H31N2O3Si/c1-6-19-22(20-7-2,21-8-3)15-9-12-18-13-10-16(11-14-18)17(4)5/h10-11,13-14H,6-9,12,15H2,1-5H3/q+1. The molecular weight excluding hydrogens is 296 g/mol. The number of pyridine rings is 1. The van der Waals surface area contributed by atoms with Gasteiger partial charge in [0.05, 0.1) is 0 Å². The number of rotatable bonds is 11. The van der Waals surface area contributed by atoms with Crippen LogP contribution < -0.4 is 9.47 Å². The van der Waals surface area contributed by atoms with Crippen molar-refractivity contribution in [1.29, 1.82) is 0 Å². The summed E-state index contributed by atoms with van der Waals surface area (Å²) in [5.74, 6) is 0. The molecule has 0 unspecified atom stereocenters. The van der Waals surface area contributed by atoms with E-state index >= 15 is 0 Å². The Kier molecular flexibility index (Phi) is 8.63. The Labute approximate surface area is 136 Å². The molecule has 0 saturated heterocycles. The minimum absolute atomic E-state index is 0.636. The van der Waals surface area contributed by atoms with E-state index in [1.54, 1.807) is 0 Å². The number of anilines is 1. The van der Waals surface area contributed by atoms with E-state index in [9.17, 15) is 0 Å². The Morgan fingerprint density at radius 3 is 1.86 bits per heavy atom. The second-order valence-corrected chi connectivity index (χ2v) is 8.01. The molecule has 5 nitrogen and oxygen atoms in total. The first-order valence-electron chi connectivity index (χ1n) is 8.15. The van der Waals surface area contributed by atoms with Gasteiger partial charge in [-0.3, -0.25) is 0 Å². The van der Waals surface area contributed by atoms with Crippen molar-refractivity contribution in [3.63, 3.8) is 0 Å². The summed E-state index contributed by atoms with van der Waals surface area (Å²) in [7, 11) is 1.60. The summed E-state index contributed by atoms with van der Waals surface area (Å²) in [6, 6.07) is 5.10. The summed E-state index contributed by atoms with van der Waals surface area (Å²) >= 11 is 0. The molecule has 0 aliphatic rings. The lowest BCUT2D eigenvalue weighted by Crippen LogP contribution is -2.46. The summed E-state index contributed by atoms with van der Waals surface area (Å²) in [6.45, 7) is 8.83. The average Bonchev–Trinajstić information content (AvgIpc) is 2.48. The summed E-state index contributed by atoms with van der Waals surface area (Å²) < 4.78 is 19.8. The molecule has 1 aromatic heterocycles. The molecule has 1 heterocycles. The van der Waals surface area contributed by atoms with Crippen molar-refractivity contribution in [2.24, 2.45) is 0 Å². The highest BCUT2D eigenvalue weighted by Crippen LogP contribution is 2.18. The monoisotopic (exact) mass is 327 g/mol. The van der Waals surface area contributed by atoms with Crippen LogP contribution in [-0.2, 0) is 19.8 Å². The van der Waals surface area contributed by atoms with Crippen molar-refractivity contribution in [2.75, 3.05) is 38.8 Å². The molecule has 22 heavy (non-hydrogen) atoms. The summed E-state index contributed by atoms with van der Waals surface area (Å²) in [4.78, 5) is 2.10. The average molecular weight is 328 g/mol. The first-order chi connectivity index (χ1) is 10.6. The van der Waals surface area contributed by atoms with E-state index < -0.39 is 8.80 Å². The highest BCUT2D eigenvalue weighted by Gasteiger charge is 2.40. The van der Waals surface area contributed by atoms with E-state index in [4.69, 9.17) is 13.3 Å². The maximum absolute atomic E-state index is 5.88. The third-order valence-corrected chi connectivity index (χ3v) is 6.53. The highest BCUT2D eigenvalue weighted by molar-refractivity contribution is 6.60. The molecule has 0 aliphatic heterocycles. The Morgan fingerprint density at radius 2 is 1.45 bits per heavy atom. The van der Waals surface area contributed by atoms with Crippen LogP contribution in [0.4, 0.5) is 5.69 Å². The zero-order valence-electron chi connectivity index (χ0n) is 14.7. The number of aromatic nitrogens is 1. The molecule has 0 amide bonds. The minimum Gasteiger partial charge on any atom is -0.377 e. The van der Waals surface area contributed by atoms with Crippen molar-refractivity contribution in [2.45, 2.75) is 39.8 Å². The van der Waals surface area contributed by atoms with Gasteiger partial charge in [0.25, 0.3) is 0 Å². The Bertz CT molecular complexity index is 395. The van der Waals surface area contributed by atoms with Gasteiger partial charge < -0.3 is 18.2 Å². The van der Waals surface area contributed by atoms with Gasteiger partial charge in [0.2, 0.25) is 0 Å². The van der Waals surface area contributed by atoms with Crippen LogP contribution >= 0.6 is 0 Å². The zero-order chi connectivity index (χ0) is 16.4. The van der Waals surface area contributed by atoms with Crippen LogP contribution in [0, 0.1) is 0 Å². The molecule has 126 valence electrons. The molecule has 0 N–H and O–H groups in total. The number of hydrogen-bond acceptors (Lipinski definition) is 4. The smallest absolute Gasteiger partial charge is 0.377 e. The fourth-order valence-corrected chi connectivity index (χ4v) is 4.97. The van der Waals surface area contributed by atoms with Gasteiger partial charge in [-0.05, 0) is 20.8 Å². The van der Waals surface area contributed by atoms with E-state index in [0.29, 0.717) is 19.8 Å². The third kappa shape index (κ3) is 6.04. The van der Waals surface area contributed by atoms with Crippen molar-refractivity contribution < 1.29 is 17.8 Å². The Balaban J connectivity index is 2.57. The van der Waals surface area contributed by atoms with Crippen molar-refractivity contribution in [1.82, 2.24) is 0 Å². The molecule has 0 aliphatic carbocycles. The van der Waals surface area contributed by atoms with Crippen LogP contribution in [0.25, 0.3) is 0 Å². The lowest BCUT2D eigenvalue weighted by Gasteiger charge is -2.28. The molecule has 0 atom stereocenters. The predicted octanol–water partition coefficient (Wildman–Crippen LogP) is 2.48. The van der Waals surface area contributed by atoms with Crippen LogP contribution in [0.3, 0.4) is 0 Å². The molecular formula is C16H31N2O3Si+. The van der Waals surface area contributed by atoms with Gasteiger partial charge in [-0.25, -0.2) is 4.57 Å². The SMILES string of the molecule is CCO[Si](CCC[n+]1ccc(N(C)C)cc1)(OCC)OCC. The van der Waals surface area contributed by atoms with Gasteiger partial charge >= 0.3 is 8.80 Å². The molecule has 6 heteroatoms. The lowest BCUT2D eigenvalue weighted by atomic mass is 10.3. The normalized spacial score (nSPS) is 11.7. The molecule has 0 aromatic carbocycles. The van der Waals surface area contributed by atoms with Gasteiger partial charge in [-0.1, -0.05) is 0 Å². The van der Waals surface area contributed by atoms with Gasteiger partial charge in [0, 0.05) is 64.2 Å². The van der Waals surface area contributed by atoms with Gasteiger partial charge in [0.1, 0.15) is 6.54 Å². The second kappa shape index (κ2) is 9.94. The van der Waals surface area contributed by atoms with Crippen LogP contribution in [0.2, 0.25) is 6.04 Å². The Morgan fingerprint density at radius 1 is 0.955 bits per heavy atom. The third-order valence-electron chi connectivity index (χ3n) is 3.38. The van der Waals surface area contributed by atoms with Crippen LogP contribution in [0.15, 0.2) is 24.5 Å². The minimum atomic E-state index is -2.50. The molecule has 0 fully saturated rings. The van der Waals surface area contributed by atoms with Gasteiger partial charge in [0.15, 0.2) is 12.4 Å². The van der Waals surface area contributed by atoms with E-state index in [1.807, 2.05) is 34.9 Å². The van der Waals surface area contributed by atoms with E-state index in [1.165, 1.54) is 5.69 Å². The van der Waals surface area contributed by atoms with Crippen molar-refractivity contribution >= 4 is 14.5 Å². The maximum atomic E-state index is 5.88. The van der Waals surface area contributed by atoms with Crippen LogP contribution in [0.5, 0.6) is 0 Å². The first kappa shape index (κ1) is 19.1. The van der Waals surface area contributed by atoms with E-state index in [0.717, 1.165) is 19.0 Å². The second-order valence-electron chi connectivity index (χ2n) is 5.27. The highest BCUT2D eigenvalue weighted by atomic mass is 28.4. The number of hydrogen-bond donors (Lipinski definition) is 0. The fraction of sp³-hybridized carbons (Fsp3) is 0.688. The van der Waals surface area contributed by atoms with E-state index in [2.05, 4.69) is 34.0 Å². The molecule has 0 saturated carbocycles. The maximum Gasteiger partial charge on any atom is 0.501 e. The van der Waals surface area contributed by atoms with Crippen molar-refractivity contribution in [3.05, 3.63) is 24.5 Å². The zero-order valence-corrected chi connectivity index (χ0v) is 15.7. The summed E-state index contributed by atoms with van der Waals surface area (Å²) in [5, 5.41) is 0. The lowest BCUT2D eigenvalue weighted by molar-refractivity contribution is -0.696.